The molecule has 0 unspecified atom stereocenters. The molecule has 0 radical (unpaired) electrons. The molecule has 0 aromatic heterocycles. The van der Waals surface area contributed by atoms with Crippen LogP contribution in [0.25, 0.3) is 0 Å². The van der Waals surface area contributed by atoms with Gasteiger partial charge in [-0.25, -0.2) is 0 Å². The van der Waals surface area contributed by atoms with Crippen molar-refractivity contribution in [2.45, 2.75) is 44.8 Å². The lowest BCUT2D eigenvalue weighted by Crippen LogP contribution is -2.46. The van der Waals surface area contributed by atoms with Gasteiger partial charge in [0.15, 0.2) is 11.9 Å². The van der Waals surface area contributed by atoms with E-state index in [0.29, 0.717) is 13.1 Å². The first-order chi connectivity index (χ1) is 10.00. The summed E-state index contributed by atoms with van der Waals surface area (Å²) in [6.07, 6.45) is -0.470. The summed E-state index contributed by atoms with van der Waals surface area (Å²) in [6, 6.07) is 8.16. The molecular weight excluding hydrogens is 270 g/mol. The Labute approximate surface area is 124 Å². The minimum atomic E-state index is -0.832. The molecule has 0 aliphatic carbocycles. The van der Waals surface area contributed by atoms with Crippen LogP contribution in [-0.2, 0) is 27.2 Å². The van der Waals surface area contributed by atoms with Gasteiger partial charge in [0.05, 0.1) is 6.61 Å². The largest absolute Gasteiger partial charge is 0.394 e. The number of aliphatic hydroxyl groups is 1. The normalized spacial score (nSPS) is 27.5. The highest BCUT2D eigenvalue weighted by Gasteiger charge is 2.46. The van der Waals surface area contributed by atoms with Gasteiger partial charge < -0.3 is 19.5 Å². The monoisotopic (exact) mass is 291 g/mol. The Morgan fingerprint density at radius 2 is 2.05 bits per heavy atom. The number of nitrogens with zero attached hydrogens (tertiary/aromatic N) is 1. The minimum Gasteiger partial charge on any atom is -0.394 e. The van der Waals surface area contributed by atoms with Crippen molar-refractivity contribution < 1.29 is 19.4 Å². The van der Waals surface area contributed by atoms with Crippen molar-refractivity contribution in [3.05, 3.63) is 35.4 Å². The van der Waals surface area contributed by atoms with E-state index in [2.05, 4.69) is 6.07 Å². The predicted molar refractivity (Wildman–Crippen MR) is 76.5 cm³/mol. The molecule has 1 amide bonds. The van der Waals surface area contributed by atoms with E-state index in [-0.39, 0.29) is 12.5 Å². The van der Waals surface area contributed by atoms with Gasteiger partial charge in [0.1, 0.15) is 6.10 Å². The number of fused-ring (bicyclic) bond motifs is 1. The molecule has 1 saturated heterocycles. The zero-order valence-corrected chi connectivity index (χ0v) is 12.4. The van der Waals surface area contributed by atoms with E-state index in [1.807, 2.05) is 18.2 Å². The average Bonchev–Trinajstić information content (AvgIpc) is 2.81. The fraction of sp³-hybridized carbons (Fsp3) is 0.562. The van der Waals surface area contributed by atoms with Crippen molar-refractivity contribution in [3.63, 3.8) is 0 Å². The van der Waals surface area contributed by atoms with E-state index in [0.717, 1.165) is 6.42 Å². The Kier molecular flexibility index (Phi) is 3.73. The Hall–Kier alpha value is -1.43. The lowest BCUT2D eigenvalue weighted by atomic mass is 9.99. The molecule has 2 heterocycles. The van der Waals surface area contributed by atoms with Crippen molar-refractivity contribution in [2.24, 2.45) is 0 Å². The number of amides is 1. The van der Waals surface area contributed by atoms with Crippen LogP contribution in [0.3, 0.4) is 0 Å². The van der Waals surface area contributed by atoms with Crippen LogP contribution in [0.4, 0.5) is 0 Å². The Bertz CT molecular complexity index is 543. The lowest BCUT2D eigenvalue weighted by molar-refractivity contribution is -0.162. The Morgan fingerprint density at radius 1 is 1.33 bits per heavy atom. The van der Waals surface area contributed by atoms with Crippen molar-refractivity contribution in [1.29, 1.82) is 0 Å². The molecule has 0 saturated carbocycles. The van der Waals surface area contributed by atoms with Gasteiger partial charge in [0, 0.05) is 13.1 Å². The molecule has 0 spiro atoms. The first kappa shape index (κ1) is 14.5. The number of rotatable bonds is 2. The number of carbonyl (C=O) groups is 1. The van der Waals surface area contributed by atoms with Gasteiger partial charge in [0.25, 0.3) is 5.91 Å². The van der Waals surface area contributed by atoms with E-state index in [4.69, 9.17) is 9.47 Å². The highest BCUT2D eigenvalue weighted by atomic mass is 16.8. The van der Waals surface area contributed by atoms with Crippen molar-refractivity contribution >= 4 is 5.91 Å². The molecule has 3 rings (SSSR count). The number of benzene rings is 1. The molecule has 2 atom stereocenters. The first-order valence-corrected chi connectivity index (χ1v) is 7.32. The topological polar surface area (TPSA) is 59.0 Å². The molecule has 1 N–H and O–H groups in total. The number of hydrogen-bond acceptors (Lipinski definition) is 4. The molecular formula is C16H21NO4. The van der Waals surface area contributed by atoms with Crippen LogP contribution in [0.1, 0.15) is 25.0 Å². The number of aliphatic hydroxyl groups excluding tert-OH is 1. The number of carbonyl (C=O) groups excluding carboxylic acids is 1. The van der Waals surface area contributed by atoms with Crippen molar-refractivity contribution in [3.8, 4) is 0 Å². The lowest BCUT2D eigenvalue weighted by Gasteiger charge is -2.31. The van der Waals surface area contributed by atoms with E-state index in [1.165, 1.54) is 11.1 Å². The third kappa shape index (κ3) is 2.81. The third-order valence-electron chi connectivity index (χ3n) is 4.05. The molecule has 5 heteroatoms. The maximum Gasteiger partial charge on any atom is 0.254 e. The molecule has 5 nitrogen and oxygen atoms in total. The summed E-state index contributed by atoms with van der Waals surface area (Å²) in [7, 11) is 0. The summed E-state index contributed by atoms with van der Waals surface area (Å²) in [5.41, 5.74) is 2.47. The predicted octanol–water partition coefficient (Wildman–Crippen LogP) is 1.08. The van der Waals surface area contributed by atoms with E-state index in [9.17, 15) is 9.90 Å². The third-order valence-corrected chi connectivity index (χ3v) is 4.05. The van der Waals surface area contributed by atoms with Crippen molar-refractivity contribution in [2.75, 3.05) is 13.2 Å². The molecule has 1 aromatic carbocycles. The van der Waals surface area contributed by atoms with Gasteiger partial charge in [-0.3, -0.25) is 4.79 Å². The van der Waals surface area contributed by atoms with Crippen molar-refractivity contribution in [1.82, 2.24) is 4.90 Å². The molecule has 2 aliphatic rings. The summed E-state index contributed by atoms with van der Waals surface area (Å²) in [5.74, 6) is -0.935. The summed E-state index contributed by atoms with van der Waals surface area (Å²) >= 11 is 0. The van der Waals surface area contributed by atoms with Crippen LogP contribution in [0.2, 0.25) is 0 Å². The second-order valence-corrected chi connectivity index (χ2v) is 6.06. The second kappa shape index (κ2) is 5.40. The highest BCUT2D eigenvalue weighted by Crippen LogP contribution is 2.30. The Morgan fingerprint density at radius 3 is 2.76 bits per heavy atom. The molecule has 21 heavy (non-hydrogen) atoms. The van der Waals surface area contributed by atoms with Crippen LogP contribution in [0, 0.1) is 0 Å². The standard InChI is InChI=1S/C16H21NO4/c1-16(2)20-13(10-18)14(21-16)15(19)17-8-7-11-5-3-4-6-12(11)9-17/h3-6,13-14,18H,7-10H2,1-2H3/t13-,14+/m0/s1. The van der Waals surface area contributed by atoms with E-state index in [1.54, 1.807) is 18.7 Å². The van der Waals surface area contributed by atoms with Gasteiger partial charge in [-0.1, -0.05) is 24.3 Å². The SMILES string of the molecule is CC1(C)O[C@@H](CO)[C@H](C(=O)N2CCc3ccccc3C2)O1. The van der Waals surface area contributed by atoms with Crippen LogP contribution < -0.4 is 0 Å². The molecule has 0 bridgehead atoms. The second-order valence-electron chi connectivity index (χ2n) is 6.06. The van der Waals surface area contributed by atoms with Crippen LogP contribution in [0.5, 0.6) is 0 Å². The fourth-order valence-corrected chi connectivity index (χ4v) is 3.04. The van der Waals surface area contributed by atoms with Crippen LogP contribution in [-0.4, -0.2) is 47.1 Å². The zero-order valence-electron chi connectivity index (χ0n) is 12.4. The average molecular weight is 291 g/mol. The summed E-state index contributed by atoms with van der Waals surface area (Å²) < 4.78 is 11.3. The fourth-order valence-electron chi connectivity index (χ4n) is 3.04. The summed E-state index contributed by atoms with van der Waals surface area (Å²) in [4.78, 5) is 14.5. The summed E-state index contributed by atoms with van der Waals surface area (Å²) in [6.45, 7) is 4.56. The summed E-state index contributed by atoms with van der Waals surface area (Å²) in [5, 5.41) is 9.40. The van der Waals surface area contributed by atoms with Gasteiger partial charge in [-0.15, -0.1) is 0 Å². The van der Waals surface area contributed by atoms with Crippen LogP contribution >= 0.6 is 0 Å². The maximum absolute atomic E-state index is 12.7. The molecule has 2 aliphatic heterocycles. The maximum atomic E-state index is 12.7. The number of hydrogen-bond donors (Lipinski definition) is 1. The quantitative estimate of drug-likeness (QED) is 0.886. The highest BCUT2D eigenvalue weighted by molar-refractivity contribution is 5.82. The molecule has 1 fully saturated rings. The zero-order chi connectivity index (χ0) is 15.0. The van der Waals surface area contributed by atoms with Gasteiger partial charge in [-0.2, -0.15) is 0 Å². The first-order valence-electron chi connectivity index (χ1n) is 7.32. The molecule has 114 valence electrons. The van der Waals surface area contributed by atoms with Gasteiger partial charge >= 0.3 is 0 Å². The Balaban J connectivity index is 1.75. The van der Waals surface area contributed by atoms with Crippen LogP contribution in [0.15, 0.2) is 24.3 Å². The van der Waals surface area contributed by atoms with E-state index >= 15 is 0 Å². The minimum absolute atomic E-state index is 0.103. The van der Waals surface area contributed by atoms with Gasteiger partial charge in [-0.05, 0) is 31.4 Å². The van der Waals surface area contributed by atoms with E-state index < -0.39 is 18.0 Å². The number of ether oxygens (including phenoxy) is 2. The van der Waals surface area contributed by atoms with Gasteiger partial charge in [0.2, 0.25) is 0 Å². The molecule has 1 aromatic rings. The smallest absolute Gasteiger partial charge is 0.254 e.